The molecule has 0 aliphatic rings. The van der Waals surface area contributed by atoms with Crippen molar-refractivity contribution in [2.45, 2.75) is 52.5 Å². The smallest absolute Gasteiger partial charge is 0.337 e. The van der Waals surface area contributed by atoms with Crippen LogP contribution in [-0.4, -0.2) is 36.3 Å². The van der Waals surface area contributed by atoms with Crippen LogP contribution in [0.4, 0.5) is 0 Å². The second kappa shape index (κ2) is 8.98. The molecule has 7 nitrogen and oxygen atoms in total. The fourth-order valence-corrected chi connectivity index (χ4v) is 3.65. The molecule has 0 bridgehead atoms. The number of ketones is 1. The van der Waals surface area contributed by atoms with Crippen molar-refractivity contribution in [3.63, 3.8) is 0 Å². The molecular formula is C23H27N3O4. The number of Topliss-reactive ketones (excluding diaryl/α,β-unsaturated/α-hetero) is 1. The number of carboxylic acids is 1. The summed E-state index contributed by atoms with van der Waals surface area (Å²) in [6, 6.07) is 6.84. The van der Waals surface area contributed by atoms with Gasteiger partial charge in [-0.3, -0.25) is 4.79 Å². The lowest BCUT2D eigenvalue weighted by atomic mass is 9.99. The van der Waals surface area contributed by atoms with Gasteiger partial charge in [0.05, 0.1) is 17.4 Å². The highest BCUT2D eigenvalue weighted by Gasteiger charge is 2.19. The van der Waals surface area contributed by atoms with Crippen molar-refractivity contribution in [2.75, 3.05) is 0 Å². The summed E-state index contributed by atoms with van der Waals surface area (Å²) < 4.78 is 3.62. The number of benzene rings is 1. The van der Waals surface area contributed by atoms with Crippen LogP contribution < -0.4 is 0 Å². The molecule has 2 aromatic heterocycles. The van der Waals surface area contributed by atoms with E-state index in [2.05, 4.69) is 18.9 Å². The average molecular weight is 409 g/mol. The van der Waals surface area contributed by atoms with Crippen molar-refractivity contribution in [2.24, 2.45) is 0 Å². The van der Waals surface area contributed by atoms with Crippen LogP contribution in [0.5, 0.6) is 5.75 Å². The zero-order chi connectivity index (χ0) is 21.8. The van der Waals surface area contributed by atoms with Gasteiger partial charge >= 0.3 is 5.97 Å². The summed E-state index contributed by atoms with van der Waals surface area (Å²) in [6.07, 6.45) is 6.06. The zero-order valence-corrected chi connectivity index (χ0v) is 17.5. The number of nitrogens with zero attached hydrogens (tertiary/aromatic N) is 3. The Morgan fingerprint density at radius 3 is 2.40 bits per heavy atom. The summed E-state index contributed by atoms with van der Waals surface area (Å²) in [5.41, 5.74) is 3.61. The molecule has 0 spiro atoms. The Kier molecular flexibility index (Phi) is 6.40. The highest BCUT2D eigenvalue weighted by Crippen LogP contribution is 2.25. The summed E-state index contributed by atoms with van der Waals surface area (Å²) in [6.45, 7) is 6.73. The van der Waals surface area contributed by atoms with Gasteiger partial charge in [0, 0.05) is 37.5 Å². The Bertz CT molecular complexity index is 1050. The van der Waals surface area contributed by atoms with E-state index in [4.69, 9.17) is 0 Å². The van der Waals surface area contributed by atoms with Crippen LogP contribution in [0.15, 0.2) is 42.9 Å². The summed E-state index contributed by atoms with van der Waals surface area (Å²) in [4.78, 5) is 24.0. The first-order chi connectivity index (χ1) is 14.3. The monoisotopic (exact) mass is 409 g/mol. The highest BCUT2D eigenvalue weighted by molar-refractivity contribution is 5.92. The molecule has 0 unspecified atom stereocenters. The molecule has 3 aromatic rings. The van der Waals surface area contributed by atoms with Crippen molar-refractivity contribution >= 4 is 11.8 Å². The van der Waals surface area contributed by atoms with E-state index in [9.17, 15) is 19.8 Å². The Balaban J connectivity index is 1.74. The lowest BCUT2D eigenvalue weighted by molar-refractivity contribution is -0.118. The second-order valence-corrected chi connectivity index (χ2v) is 7.69. The van der Waals surface area contributed by atoms with Crippen LogP contribution in [-0.2, 0) is 24.2 Å². The Morgan fingerprint density at radius 2 is 1.80 bits per heavy atom. The van der Waals surface area contributed by atoms with Crippen molar-refractivity contribution in [3.8, 4) is 11.4 Å². The topological polar surface area (TPSA) is 97.4 Å². The Morgan fingerprint density at radius 1 is 1.10 bits per heavy atom. The molecule has 7 heteroatoms. The fraction of sp³-hybridized carbons (Fsp3) is 0.348. The molecule has 0 atom stereocenters. The zero-order valence-electron chi connectivity index (χ0n) is 17.5. The summed E-state index contributed by atoms with van der Waals surface area (Å²) >= 11 is 0. The minimum atomic E-state index is -1.01. The number of phenolic OH excluding ortho intramolecular Hbond substituents is 1. The maximum absolute atomic E-state index is 12.6. The molecular weight excluding hydrogens is 382 g/mol. The molecule has 2 N–H and O–H groups in total. The standard InChI is InChI=1S/C23H27N3O4/c1-4-25-13-17(21(14-25)23(29)30)11-20(28)8-5-16-12-24-26(22(16)15(2)3)18-6-9-19(27)10-7-18/h6-7,9-10,12-15,27H,4-5,8,11H2,1-3H3,(H,29,30). The molecule has 0 fully saturated rings. The van der Waals surface area contributed by atoms with Crippen LogP contribution >= 0.6 is 0 Å². The molecule has 30 heavy (non-hydrogen) atoms. The van der Waals surface area contributed by atoms with E-state index >= 15 is 0 Å². The van der Waals surface area contributed by atoms with Gasteiger partial charge in [0.15, 0.2) is 0 Å². The predicted octanol–water partition coefficient (Wildman–Crippen LogP) is 3.97. The molecule has 0 radical (unpaired) electrons. The molecule has 0 amide bonds. The minimum absolute atomic E-state index is 0.00144. The third-order valence-corrected chi connectivity index (χ3v) is 5.15. The van der Waals surface area contributed by atoms with Gasteiger partial charge < -0.3 is 14.8 Å². The summed E-state index contributed by atoms with van der Waals surface area (Å²) in [5, 5.41) is 23.4. The molecule has 0 saturated carbocycles. The molecule has 2 heterocycles. The van der Waals surface area contributed by atoms with Crippen molar-refractivity contribution in [1.82, 2.24) is 14.3 Å². The van der Waals surface area contributed by atoms with Gasteiger partial charge in [0.2, 0.25) is 0 Å². The van der Waals surface area contributed by atoms with Gasteiger partial charge in [-0.15, -0.1) is 0 Å². The Labute approximate surface area is 175 Å². The molecule has 0 aliphatic carbocycles. The lowest BCUT2D eigenvalue weighted by Gasteiger charge is -2.13. The van der Waals surface area contributed by atoms with Crippen molar-refractivity contribution in [1.29, 1.82) is 0 Å². The predicted molar refractivity (Wildman–Crippen MR) is 113 cm³/mol. The Hall–Kier alpha value is -3.35. The average Bonchev–Trinajstić information content (AvgIpc) is 3.31. The van der Waals surface area contributed by atoms with E-state index in [-0.39, 0.29) is 29.4 Å². The van der Waals surface area contributed by atoms with Gasteiger partial charge in [-0.05, 0) is 54.7 Å². The van der Waals surface area contributed by atoms with Crippen molar-refractivity contribution in [3.05, 3.63) is 65.2 Å². The van der Waals surface area contributed by atoms with Crippen LogP contribution in [0.1, 0.15) is 60.3 Å². The maximum Gasteiger partial charge on any atom is 0.337 e. The summed E-state index contributed by atoms with van der Waals surface area (Å²) in [7, 11) is 0. The quantitative estimate of drug-likeness (QED) is 0.557. The molecule has 0 aliphatic heterocycles. The van der Waals surface area contributed by atoms with E-state index < -0.39 is 5.97 Å². The van der Waals surface area contributed by atoms with Gasteiger partial charge in [-0.1, -0.05) is 13.8 Å². The SMILES string of the molecule is CCn1cc(CC(=O)CCc2cnn(-c3ccc(O)cc3)c2C(C)C)c(C(=O)O)c1. The second-order valence-electron chi connectivity index (χ2n) is 7.69. The van der Waals surface area contributed by atoms with E-state index in [0.717, 1.165) is 16.9 Å². The number of aromatic nitrogens is 3. The highest BCUT2D eigenvalue weighted by atomic mass is 16.4. The van der Waals surface area contributed by atoms with Crippen LogP contribution in [0, 0.1) is 0 Å². The number of phenols is 1. The summed E-state index contributed by atoms with van der Waals surface area (Å²) in [5.74, 6) is -0.621. The number of aromatic carboxylic acids is 1. The maximum atomic E-state index is 12.6. The van der Waals surface area contributed by atoms with Gasteiger partial charge in [0.25, 0.3) is 0 Å². The van der Waals surface area contributed by atoms with E-state index in [1.54, 1.807) is 47.4 Å². The van der Waals surface area contributed by atoms with Crippen molar-refractivity contribution < 1.29 is 19.8 Å². The van der Waals surface area contributed by atoms with Crippen LogP contribution in [0.2, 0.25) is 0 Å². The normalized spacial score (nSPS) is 11.2. The molecule has 158 valence electrons. The third kappa shape index (κ3) is 4.62. The molecule has 0 saturated heterocycles. The van der Waals surface area contributed by atoms with Gasteiger partial charge in [-0.25, -0.2) is 9.48 Å². The number of carbonyl (C=O) groups excluding carboxylic acids is 1. The van der Waals surface area contributed by atoms with Gasteiger partial charge in [0.1, 0.15) is 11.5 Å². The molecule has 1 aromatic carbocycles. The van der Waals surface area contributed by atoms with E-state index in [0.29, 0.717) is 24.9 Å². The minimum Gasteiger partial charge on any atom is -0.508 e. The van der Waals surface area contributed by atoms with E-state index in [1.807, 2.05) is 11.6 Å². The fourth-order valence-electron chi connectivity index (χ4n) is 3.65. The van der Waals surface area contributed by atoms with Gasteiger partial charge in [-0.2, -0.15) is 5.10 Å². The number of hydrogen-bond acceptors (Lipinski definition) is 4. The number of hydrogen-bond donors (Lipinski definition) is 2. The first kappa shape index (κ1) is 21.4. The van der Waals surface area contributed by atoms with Crippen LogP contribution in [0.25, 0.3) is 5.69 Å². The number of aryl methyl sites for hydroxylation is 2. The van der Waals surface area contributed by atoms with Crippen LogP contribution in [0.3, 0.4) is 0 Å². The largest absolute Gasteiger partial charge is 0.508 e. The number of aromatic hydroxyl groups is 1. The number of carboxylic acid groups (broad SMARTS) is 1. The van der Waals surface area contributed by atoms with E-state index in [1.165, 1.54) is 0 Å². The first-order valence-corrected chi connectivity index (χ1v) is 10.1. The third-order valence-electron chi connectivity index (χ3n) is 5.15. The number of rotatable bonds is 9. The number of carbonyl (C=O) groups is 2. The lowest BCUT2D eigenvalue weighted by Crippen LogP contribution is -2.09. The molecule has 3 rings (SSSR count). The first-order valence-electron chi connectivity index (χ1n) is 10.1.